The fourth-order valence-electron chi connectivity index (χ4n) is 0.402. The fourth-order valence-corrected chi connectivity index (χ4v) is 0.402. The zero-order valence-corrected chi connectivity index (χ0v) is 6.34. The number of aliphatic carboxylic acids is 2. The Kier molecular flexibility index (Phi) is 8.54. The molecule has 0 fully saturated rings. The van der Waals surface area contributed by atoms with Crippen molar-refractivity contribution in [3.63, 3.8) is 0 Å². The van der Waals surface area contributed by atoms with Crippen LogP contribution in [0.2, 0.25) is 0 Å². The van der Waals surface area contributed by atoms with Gasteiger partial charge in [-0.15, -0.1) is 0 Å². The van der Waals surface area contributed by atoms with Crippen molar-refractivity contribution in [3.8, 4) is 0 Å². The molecule has 0 aromatic carbocycles. The summed E-state index contributed by atoms with van der Waals surface area (Å²) in [4.78, 5) is 19.9. The van der Waals surface area contributed by atoms with Gasteiger partial charge in [-0.25, -0.2) is 0 Å². The average Bonchev–Trinajstić information content (AvgIpc) is 1.82. The van der Waals surface area contributed by atoms with Crippen molar-refractivity contribution in [2.24, 2.45) is 5.73 Å². The van der Waals surface area contributed by atoms with Crippen LogP contribution in [0.1, 0.15) is 12.8 Å². The van der Waals surface area contributed by atoms with E-state index in [4.69, 9.17) is 15.9 Å². The minimum atomic E-state index is -1.17. The van der Waals surface area contributed by atoms with Gasteiger partial charge in [-0.2, -0.15) is 0 Å². The van der Waals surface area contributed by atoms with Crippen LogP contribution in [0.5, 0.6) is 0 Å². The Bertz CT molecular complexity index is 149. The van der Waals surface area contributed by atoms with Gasteiger partial charge < -0.3 is 15.9 Å². The summed E-state index contributed by atoms with van der Waals surface area (Å²) in [6.07, 6.45) is -0.224. The molecule has 6 heteroatoms. The topological polar surface area (TPSA) is 101 Å². The second-order valence-electron chi connectivity index (χ2n) is 1.88. The number of rotatable bonds is 4. The molecule has 0 aliphatic carbocycles. The van der Waals surface area contributed by atoms with E-state index in [0.717, 1.165) is 0 Å². The maximum absolute atomic E-state index is 9.99. The van der Waals surface area contributed by atoms with Crippen LogP contribution in [0, 0.1) is 37.7 Å². The average molecular weight is 187 g/mol. The number of hydrogen-bond donors (Lipinski definition) is 3. The van der Waals surface area contributed by atoms with Gasteiger partial charge in [0.1, 0.15) is 6.04 Å². The molecule has 0 unspecified atom stereocenters. The molecule has 0 bridgehead atoms. The van der Waals surface area contributed by atoms with Crippen LogP contribution < -0.4 is 5.73 Å². The van der Waals surface area contributed by atoms with Gasteiger partial charge >= 0.3 is 11.9 Å². The van der Waals surface area contributed by atoms with Gasteiger partial charge in [0.05, 0.1) is 0 Å². The van der Waals surface area contributed by atoms with E-state index >= 15 is 0 Å². The van der Waals surface area contributed by atoms with E-state index in [9.17, 15) is 9.59 Å². The van der Waals surface area contributed by atoms with Crippen LogP contribution in [0.25, 0.3) is 0 Å². The predicted octanol–water partition coefficient (Wildman–Crippen LogP) is -0.737. The van der Waals surface area contributed by atoms with Gasteiger partial charge in [0, 0.05) is 44.2 Å². The van der Waals surface area contributed by atoms with E-state index in [1.807, 2.05) is 0 Å². The molecule has 0 aromatic rings. The van der Waals surface area contributed by atoms with Gasteiger partial charge in [0.2, 0.25) is 0 Å². The van der Waals surface area contributed by atoms with Crippen LogP contribution in [-0.4, -0.2) is 28.2 Å². The van der Waals surface area contributed by atoms with Crippen molar-refractivity contribution >= 4 is 11.9 Å². The summed E-state index contributed by atoms with van der Waals surface area (Å²) in [5.41, 5.74) is 5.00. The summed E-state index contributed by atoms with van der Waals surface area (Å²) >= 11 is 0. The SMILES string of the molecule is N[C@@H](CCC(=O)O)C(=O)O.[Ar]. The smallest absolute Gasteiger partial charge is 0.320 e. The minimum Gasteiger partial charge on any atom is -0.481 e. The van der Waals surface area contributed by atoms with Crippen molar-refractivity contribution in [1.82, 2.24) is 0 Å². The molecule has 0 aromatic heterocycles. The molecule has 0 amide bonds. The molecule has 0 saturated heterocycles. The molecule has 5 nitrogen and oxygen atoms in total. The van der Waals surface area contributed by atoms with Crippen LogP contribution in [0.4, 0.5) is 0 Å². The van der Waals surface area contributed by atoms with Crippen molar-refractivity contribution in [2.45, 2.75) is 18.9 Å². The minimum absolute atomic E-state index is 0. The van der Waals surface area contributed by atoms with Crippen LogP contribution >= 0.6 is 0 Å². The normalized spacial score (nSPS) is 11.4. The Hall–Kier alpha value is 0.160. The zero-order chi connectivity index (χ0) is 8.15. The summed E-state index contributed by atoms with van der Waals surface area (Å²) < 4.78 is 0. The van der Waals surface area contributed by atoms with Crippen molar-refractivity contribution in [1.29, 1.82) is 0 Å². The summed E-state index contributed by atoms with van der Waals surface area (Å²) in [6.45, 7) is 0. The number of nitrogens with two attached hydrogens (primary N) is 1. The van der Waals surface area contributed by atoms with Crippen LogP contribution in [-0.2, 0) is 9.59 Å². The first-order chi connectivity index (χ1) is 4.54. The number of carboxylic acid groups (broad SMARTS) is 2. The molecule has 0 heterocycles. The van der Waals surface area contributed by atoms with Gasteiger partial charge in [-0.1, -0.05) is 0 Å². The Morgan fingerprint density at radius 1 is 1.36 bits per heavy atom. The van der Waals surface area contributed by atoms with E-state index in [1.165, 1.54) is 0 Å². The van der Waals surface area contributed by atoms with E-state index in [2.05, 4.69) is 0 Å². The summed E-state index contributed by atoms with van der Waals surface area (Å²) in [5.74, 6) is -2.20. The molecule has 66 valence electrons. The third-order valence-corrected chi connectivity index (χ3v) is 0.986. The van der Waals surface area contributed by atoms with Gasteiger partial charge in [-0.3, -0.25) is 9.59 Å². The van der Waals surface area contributed by atoms with Crippen molar-refractivity contribution < 1.29 is 57.5 Å². The monoisotopic (exact) mass is 187 g/mol. The molecule has 11 heavy (non-hydrogen) atoms. The maximum Gasteiger partial charge on any atom is 0.320 e. The van der Waals surface area contributed by atoms with E-state index in [0.29, 0.717) is 0 Å². The third kappa shape index (κ3) is 8.06. The summed E-state index contributed by atoms with van der Waals surface area (Å²) in [6, 6.07) is -1.06. The molecular formula is C5H9ArNO4. The Labute approximate surface area is 93.6 Å². The zero-order valence-electron chi connectivity index (χ0n) is 5.63. The summed E-state index contributed by atoms with van der Waals surface area (Å²) in [7, 11) is 0. The second-order valence-corrected chi connectivity index (χ2v) is 1.88. The molecule has 0 aliphatic heterocycles. The van der Waals surface area contributed by atoms with Gasteiger partial charge in [0.25, 0.3) is 0 Å². The van der Waals surface area contributed by atoms with Gasteiger partial charge in [0.15, 0.2) is 0 Å². The third-order valence-electron chi connectivity index (χ3n) is 0.986. The van der Waals surface area contributed by atoms with E-state index < -0.39 is 18.0 Å². The Morgan fingerprint density at radius 2 is 1.82 bits per heavy atom. The molecule has 0 rings (SSSR count). The largest absolute Gasteiger partial charge is 0.481 e. The molecule has 4 N–H and O–H groups in total. The standard InChI is InChI=1S/C5H9NO4.Ar/c6-3(5(9)10)1-2-4(7)8;/h3H,1-2,6H2,(H,7,8)(H,9,10);/t3-;/m0./s1. The molecular weight excluding hydrogens is 178 g/mol. The first-order valence-electron chi connectivity index (χ1n) is 2.74. The molecule has 0 saturated carbocycles. The van der Waals surface area contributed by atoms with E-state index in [1.54, 1.807) is 0 Å². The number of carbonyl (C=O) groups is 2. The number of carboxylic acids is 2. The fraction of sp³-hybridized carbons (Fsp3) is 0.600. The molecule has 0 radical (unpaired) electrons. The van der Waals surface area contributed by atoms with E-state index in [-0.39, 0.29) is 50.6 Å². The first-order valence-corrected chi connectivity index (χ1v) is 2.74. The van der Waals surface area contributed by atoms with Crippen LogP contribution in [0.3, 0.4) is 0 Å². The summed E-state index contributed by atoms with van der Waals surface area (Å²) in [5, 5.41) is 16.3. The number of hydrogen-bond acceptors (Lipinski definition) is 3. The first kappa shape index (κ1) is 13.7. The maximum atomic E-state index is 9.99. The van der Waals surface area contributed by atoms with Gasteiger partial charge in [-0.05, 0) is 6.42 Å². The second kappa shape index (κ2) is 6.84. The van der Waals surface area contributed by atoms with Crippen LogP contribution in [0.15, 0.2) is 0 Å². The van der Waals surface area contributed by atoms with Crippen molar-refractivity contribution in [3.05, 3.63) is 0 Å². The quantitative estimate of drug-likeness (QED) is 0.538. The molecule has 0 spiro atoms. The Balaban J connectivity index is 0. The Morgan fingerprint density at radius 3 is 2.09 bits per heavy atom. The molecule has 0 aliphatic rings. The molecule has 1 atom stereocenters. The predicted molar refractivity (Wildman–Crippen MR) is 32.5 cm³/mol. The van der Waals surface area contributed by atoms with Crippen molar-refractivity contribution in [2.75, 3.05) is 0 Å².